The number of hydrogen-bond acceptors (Lipinski definition) is 5. The lowest BCUT2D eigenvalue weighted by Crippen LogP contribution is -2.51. The van der Waals surface area contributed by atoms with Crippen molar-refractivity contribution >= 4 is 17.9 Å². The molecule has 0 bridgehead atoms. The Balaban J connectivity index is 1.66. The number of benzene rings is 2. The Hall–Kier alpha value is -4.19. The molecule has 1 N–H and O–H groups in total. The third-order valence-electron chi connectivity index (χ3n) is 7.14. The van der Waals surface area contributed by atoms with Gasteiger partial charge in [-0.2, -0.15) is 13.2 Å². The zero-order valence-electron chi connectivity index (χ0n) is 23.1. The van der Waals surface area contributed by atoms with Gasteiger partial charge in [0.25, 0.3) is 5.91 Å². The normalized spacial score (nSPS) is 18.4. The van der Waals surface area contributed by atoms with Crippen molar-refractivity contribution in [1.29, 1.82) is 0 Å². The van der Waals surface area contributed by atoms with Crippen molar-refractivity contribution in [2.24, 2.45) is 0 Å². The molecule has 0 radical (unpaired) electrons. The number of urea groups is 1. The lowest BCUT2D eigenvalue weighted by Gasteiger charge is -2.38. The van der Waals surface area contributed by atoms with Gasteiger partial charge in [0.1, 0.15) is 5.82 Å². The number of carbonyl (C=O) groups is 3. The van der Waals surface area contributed by atoms with Crippen molar-refractivity contribution in [2.75, 3.05) is 45.9 Å². The summed E-state index contributed by atoms with van der Waals surface area (Å²) in [5.41, 5.74) is 0.126. The SMILES string of the molecule is C=CCN1C(=O)NC(c2ccc(C(F)(F)F)cc2)C(C(=O)OCC)=C1CN1CCCN(C(=O)c2cccc(F)c2)CC1. The van der Waals surface area contributed by atoms with E-state index in [4.69, 9.17) is 4.74 Å². The number of ether oxygens (including phenoxy) is 1. The first-order valence-electron chi connectivity index (χ1n) is 13.6. The third kappa shape index (κ3) is 6.99. The summed E-state index contributed by atoms with van der Waals surface area (Å²) in [5, 5.41) is 2.74. The van der Waals surface area contributed by atoms with Crippen molar-refractivity contribution < 1.29 is 36.7 Å². The Kier molecular flexibility index (Phi) is 9.66. The largest absolute Gasteiger partial charge is 0.463 e. The number of esters is 1. The summed E-state index contributed by atoms with van der Waals surface area (Å²) >= 11 is 0. The van der Waals surface area contributed by atoms with Crippen LogP contribution in [0.5, 0.6) is 0 Å². The van der Waals surface area contributed by atoms with E-state index < -0.39 is 35.6 Å². The highest BCUT2D eigenvalue weighted by atomic mass is 19.4. The van der Waals surface area contributed by atoms with Gasteiger partial charge >= 0.3 is 18.2 Å². The Morgan fingerprint density at radius 2 is 1.83 bits per heavy atom. The number of rotatable bonds is 8. The molecule has 3 amide bonds. The van der Waals surface area contributed by atoms with E-state index in [1.54, 1.807) is 17.9 Å². The summed E-state index contributed by atoms with van der Waals surface area (Å²) < 4.78 is 58.6. The lowest BCUT2D eigenvalue weighted by atomic mass is 9.93. The number of amides is 3. The van der Waals surface area contributed by atoms with Gasteiger partial charge in [0.15, 0.2) is 0 Å². The Bertz CT molecular complexity index is 1360. The second-order valence-corrected chi connectivity index (χ2v) is 9.91. The smallest absolute Gasteiger partial charge is 0.416 e. The summed E-state index contributed by atoms with van der Waals surface area (Å²) in [6.45, 7) is 7.28. The number of halogens is 4. The van der Waals surface area contributed by atoms with Gasteiger partial charge < -0.3 is 15.0 Å². The second-order valence-electron chi connectivity index (χ2n) is 9.91. The minimum Gasteiger partial charge on any atom is -0.463 e. The average molecular weight is 589 g/mol. The fourth-order valence-electron chi connectivity index (χ4n) is 5.11. The monoisotopic (exact) mass is 588 g/mol. The van der Waals surface area contributed by atoms with Crippen molar-refractivity contribution in [3.05, 3.63) is 95.0 Å². The fraction of sp³-hybridized carbons (Fsp3) is 0.367. The van der Waals surface area contributed by atoms with E-state index in [2.05, 4.69) is 11.9 Å². The van der Waals surface area contributed by atoms with E-state index in [1.807, 2.05) is 4.90 Å². The zero-order valence-corrected chi connectivity index (χ0v) is 23.1. The predicted molar refractivity (Wildman–Crippen MR) is 147 cm³/mol. The summed E-state index contributed by atoms with van der Waals surface area (Å²) in [6, 6.07) is 8.17. The highest BCUT2D eigenvalue weighted by Gasteiger charge is 2.39. The molecule has 42 heavy (non-hydrogen) atoms. The van der Waals surface area contributed by atoms with Crippen LogP contribution >= 0.6 is 0 Å². The van der Waals surface area contributed by atoms with Crippen LogP contribution in [0.2, 0.25) is 0 Å². The molecule has 1 unspecified atom stereocenters. The van der Waals surface area contributed by atoms with Crippen LogP contribution in [0.1, 0.15) is 40.9 Å². The minimum atomic E-state index is -4.54. The van der Waals surface area contributed by atoms with Crippen LogP contribution in [0.3, 0.4) is 0 Å². The maximum atomic E-state index is 13.7. The molecular formula is C30H32F4N4O4. The van der Waals surface area contributed by atoms with Gasteiger partial charge in [0.05, 0.1) is 23.8 Å². The van der Waals surface area contributed by atoms with Gasteiger partial charge in [0, 0.05) is 50.5 Å². The van der Waals surface area contributed by atoms with E-state index >= 15 is 0 Å². The van der Waals surface area contributed by atoms with E-state index in [0.29, 0.717) is 38.3 Å². The summed E-state index contributed by atoms with van der Waals surface area (Å²) in [7, 11) is 0. The van der Waals surface area contributed by atoms with Crippen LogP contribution < -0.4 is 5.32 Å². The standard InChI is InChI=1S/C30H32F4N4O4/c1-3-13-38-24(19-36-14-6-15-37(17-16-36)27(39)21-7-5-8-23(31)18-21)25(28(40)42-4-2)26(35-29(38)41)20-9-11-22(12-10-20)30(32,33)34/h3,5,7-12,18,26H,1,4,6,13-17,19H2,2H3,(H,35,41). The molecular weight excluding hydrogens is 556 g/mol. The van der Waals surface area contributed by atoms with Gasteiger partial charge in [0.2, 0.25) is 0 Å². The number of carbonyl (C=O) groups excluding carboxylic acids is 3. The Morgan fingerprint density at radius 3 is 2.48 bits per heavy atom. The fourth-order valence-corrected chi connectivity index (χ4v) is 5.11. The lowest BCUT2D eigenvalue weighted by molar-refractivity contribution is -0.139. The molecule has 4 rings (SSSR count). The number of alkyl halides is 3. The van der Waals surface area contributed by atoms with E-state index in [9.17, 15) is 31.9 Å². The molecule has 8 nitrogen and oxygen atoms in total. The molecule has 0 aromatic heterocycles. The van der Waals surface area contributed by atoms with E-state index in [1.165, 1.54) is 41.3 Å². The molecule has 2 heterocycles. The molecule has 1 fully saturated rings. The molecule has 12 heteroatoms. The van der Waals surface area contributed by atoms with Gasteiger partial charge in [-0.25, -0.2) is 14.0 Å². The summed E-state index contributed by atoms with van der Waals surface area (Å²) in [5.74, 6) is -1.50. The molecule has 2 aromatic rings. The highest BCUT2D eigenvalue weighted by molar-refractivity contribution is 5.95. The van der Waals surface area contributed by atoms with Crippen LogP contribution in [0.15, 0.2) is 72.5 Å². The maximum absolute atomic E-state index is 13.7. The number of nitrogens with one attached hydrogen (secondary N) is 1. The van der Waals surface area contributed by atoms with Gasteiger partial charge in [-0.05, 0) is 49.2 Å². The quantitative estimate of drug-likeness (QED) is 0.273. The molecule has 2 aromatic carbocycles. The minimum absolute atomic E-state index is 0.0472. The van der Waals surface area contributed by atoms with Crippen LogP contribution in [-0.2, 0) is 15.7 Å². The van der Waals surface area contributed by atoms with Crippen molar-refractivity contribution in [1.82, 2.24) is 20.0 Å². The van der Waals surface area contributed by atoms with Gasteiger partial charge in [-0.1, -0.05) is 24.3 Å². The third-order valence-corrected chi connectivity index (χ3v) is 7.14. The number of hydrogen-bond donors (Lipinski definition) is 1. The van der Waals surface area contributed by atoms with Crippen molar-refractivity contribution in [3.8, 4) is 0 Å². The highest BCUT2D eigenvalue weighted by Crippen LogP contribution is 2.35. The van der Waals surface area contributed by atoms with Crippen molar-refractivity contribution in [3.63, 3.8) is 0 Å². The average Bonchev–Trinajstić information content (AvgIpc) is 3.19. The van der Waals surface area contributed by atoms with E-state index in [-0.39, 0.29) is 42.3 Å². The first-order chi connectivity index (χ1) is 20.0. The van der Waals surface area contributed by atoms with Crippen molar-refractivity contribution in [2.45, 2.75) is 25.6 Å². The molecule has 2 aliphatic heterocycles. The van der Waals surface area contributed by atoms with Crippen LogP contribution in [0, 0.1) is 5.82 Å². The summed E-state index contributed by atoms with van der Waals surface area (Å²) in [4.78, 5) is 44.6. The Morgan fingerprint density at radius 1 is 1.10 bits per heavy atom. The van der Waals surface area contributed by atoms with Crippen LogP contribution in [0.25, 0.3) is 0 Å². The maximum Gasteiger partial charge on any atom is 0.416 e. The molecule has 0 aliphatic carbocycles. The first kappa shape index (κ1) is 30.8. The van der Waals surface area contributed by atoms with Crippen LogP contribution in [-0.4, -0.2) is 78.5 Å². The molecule has 224 valence electrons. The molecule has 2 aliphatic rings. The molecule has 1 atom stereocenters. The van der Waals surface area contributed by atoms with E-state index in [0.717, 1.165) is 12.1 Å². The number of nitrogens with zero attached hydrogens (tertiary/aromatic N) is 3. The van der Waals surface area contributed by atoms with Crippen LogP contribution in [0.4, 0.5) is 22.4 Å². The molecule has 0 spiro atoms. The second kappa shape index (κ2) is 13.2. The predicted octanol–water partition coefficient (Wildman–Crippen LogP) is 4.76. The summed E-state index contributed by atoms with van der Waals surface area (Å²) in [6.07, 6.45) is -2.46. The molecule has 1 saturated heterocycles. The van der Waals surface area contributed by atoms with Gasteiger partial charge in [-0.15, -0.1) is 6.58 Å². The molecule has 0 saturated carbocycles. The van der Waals surface area contributed by atoms with Gasteiger partial charge in [-0.3, -0.25) is 14.6 Å². The zero-order chi connectivity index (χ0) is 30.4. The topological polar surface area (TPSA) is 82.2 Å². The first-order valence-corrected chi connectivity index (χ1v) is 13.6. The Labute approximate surface area is 241 Å².